The fourth-order valence-electron chi connectivity index (χ4n) is 3.58. The smallest absolute Gasteiger partial charge is 0.274 e. The number of aryl methyl sites for hydroxylation is 1. The quantitative estimate of drug-likeness (QED) is 0.496. The van der Waals surface area contributed by atoms with Crippen molar-refractivity contribution in [3.8, 4) is 0 Å². The Labute approximate surface area is 174 Å². The first-order chi connectivity index (χ1) is 14.6. The highest BCUT2D eigenvalue weighted by Crippen LogP contribution is 2.31. The average molecular weight is 397 g/mol. The molecule has 0 fully saturated rings. The number of rotatable bonds is 5. The van der Waals surface area contributed by atoms with Gasteiger partial charge in [-0.3, -0.25) is 9.59 Å². The van der Waals surface area contributed by atoms with Gasteiger partial charge in [0.25, 0.3) is 11.5 Å². The summed E-state index contributed by atoms with van der Waals surface area (Å²) in [4.78, 5) is 28.2. The number of carbonyl (C=O) groups excluding carboxylic acids is 1. The summed E-state index contributed by atoms with van der Waals surface area (Å²) in [7, 11) is 1.73. The molecule has 1 amide bonds. The average Bonchev–Trinajstić information content (AvgIpc) is 3.22. The number of hydrogen-bond donors (Lipinski definition) is 2. The molecule has 0 spiro atoms. The maximum Gasteiger partial charge on any atom is 0.274 e. The molecular weight excluding hydrogens is 374 g/mol. The van der Waals surface area contributed by atoms with Crippen molar-refractivity contribution in [2.75, 3.05) is 6.54 Å². The van der Waals surface area contributed by atoms with Crippen LogP contribution in [0.25, 0.3) is 22.6 Å². The van der Waals surface area contributed by atoms with Crippen molar-refractivity contribution in [3.05, 3.63) is 106 Å². The maximum absolute atomic E-state index is 12.8. The van der Waals surface area contributed by atoms with Crippen LogP contribution in [0.5, 0.6) is 0 Å². The van der Waals surface area contributed by atoms with Crippen LogP contribution in [0.4, 0.5) is 0 Å². The predicted octanol–water partition coefficient (Wildman–Crippen LogP) is 4.21. The summed E-state index contributed by atoms with van der Waals surface area (Å²) in [6, 6.07) is 21.9. The zero-order chi connectivity index (χ0) is 21.1. The zero-order valence-electron chi connectivity index (χ0n) is 17.0. The summed E-state index contributed by atoms with van der Waals surface area (Å²) in [5.74, 6) is -0.227. The summed E-state index contributed by atoms with van der Waals surface area (Å²) in [6.45, 7) is 2.38. The van der Waals surface area contributed by atoms with Gasteiger partial charge >= 0.3 is 0 Å². The minimum Gasteiger partial charge on any atom is -0.351 e. The first kappa shape index (κ1) is 19.5. The fourth-order valence-corrected chi connectivity index (χ4v) is 3.58. The number of aromatic nitrogens is 2. The van der Waals surface area contributed by atoms with Crippen LogP contribution in [0.2, 0.25) is 0 Å². The predicted molar refractivity (Wildman–Crippen MR) is 121 cm³/mol. The largest absolute Gasteiger partial charge is 0.351 e. The van der Waals surface area contributed by atoms with Gasteiger partial charge in [0.1, 0.15) is 11.2 Å². The summed E-state index contributed by atoms with van der Waals surface area (Å²) >= 11 is 0. The Balaban J connectivity index is 2.00. The Hall–Kier alpha value is -3.86. The third-order valence-electron chi connectivity index (χ3n) is 5.03. The van der Waals surface area contributed by atoms with E-state index in [2.05, 4.69) is 16.4 Å². The van der Waals surface area contributed by atoms with E-state index >= 15 is 0 Å². The van der Waals surface area contributed by atoms with Crippen molar-refractivity contribution in [3.63, 3.8) is 0 Å². The fraction of sp³-hybridized carbons (Fsp3) is 0.120. The van der Waals surface area contributed by atoms with Crippen LogP contribution in [-0.4, -0.2) is 22.0 Å². The van der Waals surface area contributed by atoms with Gasteiger partial charge in [-0.2, -0.15) is 0 Å². The van der Waals surface area contributed by atoms with E-state index in [0.717, 1.165) is 27.6 Å². The molecule has 2 N–H and O–H groups in total. The molecule has 4 aromatic rings. The topological polar surface area (TPSA) is 66.9 Å². The van der Waals surface area contributed by atoms with Gasteiger partial charge in [-0.25, -0.2) is 0 Å². The lowest BCUT2D eigenvalue weighted by molar-refractivity contribution is 0.0951. The van der Waals surface area contributed by atoms with Gasteiger partial charge in [0, 0.05) is 30.7 Å². The molecular formula is C25H23N3O2. The van der Waals surface area contributed by atoms with E-state index in [1.54, 1.807) is 17.7 Å². The number of H-pyrrole nitrogens is 1. The summed E-state index contributed by atoms with van der Waals surface area (Å²) in [5, 5.41) is 3.51. The number of aromatic amines is 1. The van der Waals surface area contributed by atoms with Gasteiger partial charge in [0.15, 0.2) is 0 Å². The van der Waals surface area contributed by atoms with Crippen molar-refractivity contribution in [2.24, 2.45) is 7.05 Å². The lowest BCUT2D eigenvalue weighted by Gasteiger charge is -2.12. The van der Waals surface area contributed by atoms with Gasteiger partial charge in [-0.1, -0.05) is 60.7 Å². The standard InChI is InChI=1S/C25H23N3O2/c1-3-26-24(29)22-15-20-21(16-28(2)25(30)23(20)27-22)19(18-12-8-5-9-13-18)14-17-10-6-4-7-11-17/h4-16,27H,3H2,1-2H3,(H,26,29)/b19-14+. The van der Waals surface area contributed by atoms with Gasteiger partial charge in [0.05, 0.1) is 0 Å². The van der Waals surface area contributed by atoms with Crippen molar-refractivity contribution in [2.45, 2.75) is 6.92 Å². The van der Waals surface area contributed by atoms with Crippen LogP contribution in [0.1, 0.15) is 34.1 Å². The lowest BCUT2D eigenvalue weighted by atomic mass is 9.94. The monoisotopic (exact) mass is 397 g/mol. The number of pyridine rings is 1. The van der Waals surface area contributed by atoms with Crippen molar-refractivity contribution in [1.29, 1.82) is 0 Å². The Bertz CT molecular complexity index is 1280. The summed E-state index contributed by atoms with van der Waals surface area (Å²) in [6.07, 6.45) is 3.94. The van der Waals surface area contributed by atoms with Gasteiger partial charge < -0.3 is 14.9 Å². The second-order valence-electron chi connectivity index (χ2n) is 7.12. The minimum absolute atomic E-state index is 0.170. The molecule has 30 heavy (non-hydrogen) atoms. The number of nitrogens with zero attached hydrogens (tertiary/aromatic N) is 1. The number of amides is 1. The summed E-state index contributed by atoms with van der Waals surface area (Å²) in [5.41, 5.74) is 4.57. The van der Waals surface area contributed by atoms with E-state index in [0.29, 0.717) is 17.8 Å². The minimum atomic E-state index is -0.227. The van der Waals surface area contributed by atoms with E-state index < -0.39 is 0 Å². The second kappa shape index (κ2) is 8.25. The van der Waals surface area contributed by atoms with Crippen LogP contribution >= 0.6 is 0 Å². The molecule has 0 aliphatic carbocycles. The first-order valence-corrected chi connectivity index (χ1v) is 9.91. The molecule has 0 unspecified atom stereocenters. The molecule has 150 valence electrons. The number of carbonyl (C=O) groups is 1. The Morgan fingerprint density at radius 2 is 1.73 bits per heavy atom. The van der Waals surface area contributed by atoms with Gasteiger partial charge in [0.2, 0.25) is 0 Å². The first-order valence-electron chi connectivity index (χ1n) is 9.91. The van der Waals surface area contributed by atoms with E-state index in [-0.39, 0.29) is 11.5 Å². The Morgan fingerprint density at radius 3 is 2.40 bits per heavy atom. The Morgan fingerprint density at radius 1 is 1.07 bits per heavy atom. The number of fused-ring (bicyclic) bond motifs is 1. The van der Waals surface area contributed by atoms with Crippen LogP contribution in [-0.2, 0) is 7.05 Å². The van der Waals surface area contributed by atoms with E-state index in [1.165, 1.54) is 0 Å². The highest BCUT2D eigenvalue weighted by atomic mass is 16.2. The number of hydrogen-bond acceptors (Lipinski definition) is 2. The number of benzene rings is 2. The number of nitrogens with one attached hydrogen (secondary N) is 2. The molecule has 0 radical (unpaired) electrons. The molecule has 2 aromatic carbocycles. The van der Waals surface area contributed by atoms with Gasteiger partial charge in [-0.15, -0.1) is 0 Å². The van der Waals surface area contributed by atoms with Crippen molar-refractivity contribution < 1.29 is 4.79 Å². The third-order valence-corrected chi connectivity index (χ3v) is 5.03. The molecule has 0 bridgehead atoms. The molecule has 5 nitrogen and oxygen atoms in total. The zero-order valence-corrected chi connectivity index (χ0v) is 17.0. The van der Waals surface area contributed by atoms with Crippen molar-refractivity contribution in [1.82, 2.24) is 14.9 Å². The van der Waals surface area contributed by atoms with E-state index in [4.69, 9.17) is 0 Å². The van der Waals surface area contributed by atoms with Crippen LogP contribution in [0.3, 0.4) is 0 Å². The normalized spacial score (nSPS) is 11.6. The van der Waals surface area contributed by atoms with Gasteiger partial charge in [-0.05, 0) is 35.8 Å². The molecule has 5 heteroatoms. The van der Waals surface area contributed by atoms with Crippen LogP contribution < -0.4 is 10.9 Å². The SMILES string of the molecule is CCNC(=O)c1cc2c(/C(=C/c3ccccc3)c3ccccc3)cn(C)c(=O)c2[nH]1. The third kappa shape index (κ3) is 3.70. The van der Waals surface area contributed by atoms with E-state index in [1.807, 2.05) is 73.8 Å². The highest BCUT2D eigenvalue weighted by molar-refractivity contribution is 6.05. The van der Waals surface area contributed by atoms with Crippen LogP contribution in [0.15, 0.2) is 77.7 Å². The molecule has 0 saturated carbocycles. The highest BCUT2D eigenvalue weighted by Gasteiger charge is 2.18. The molecule has 2 heterocycles. The maximum atomic E-state index is 12.8. The molecule has 0 aliphatic rings. The second-order valence-corrected chi connectivity index (χ2v) is 7.12. The lowest BCUT2D eigenvalue weighted by Crippen LogP contribution is -2.23. The molecule has 0 atom stereocenters. The van der Waals surface area contributed by atoms with E-state index in [9.17, 15) is 9.59 Å². The molecule has 0 aliphatic heterocycles. The van der Waals surface area contributed by atoms with Crippen molar-refractivity contribution >= 4 is 28.5 Å². The Kier molecular flexibility index (Phi) is 5.35. The van der Waals surface area contributed by atoms with Crippen LogP contribution in [0, 0.1) is 0 Å². The molecule has 2 aromatic heterocycles. The summed E-state index contributed by atoms with van der Waals surface area (Å²) < 4.78 is 1.55. The molecule has 4 rings (SSSR count). The molecule has 0 saturated heterocycles.